The van der Waals surface area contributed by atoms with Crippen molar-refractivity contribution in [1.82, 2.24) is 0 Å². The Morgan fingerprint density at radius 1 is 1.15 bits per heavy atom. The van der Waals surface area contributed by atoms with Gasteiger partial charge in [-0.15, -0.1) is 0 Å². The third kappa shape index (κ3) is 3.91. The molecule has 1 heterocycles. The molecule has 1 atom stereocenters. The number of esters is 2. The van der Waals surface area contributed by atoms with E-state index >= 15 is 0 Å². The van der Waals surface area contributed by atoms with Gasteiger partial charge in [-0.05, 0) is 18.6 Å². The highest BCUT2D eigenvalue weighted by molar-refractivity contribution is 6.10. The number of carbonyl (C=O) groups is 3. The highest BCUT2D eigenvalue weighted by Crippen LogP contribution is 2.28. The Kier molecular flexibility index (Phi) is 5.31. The monoisotopic (exact) mass is 354 g/mol. The fourth-order valence-electron chi connectivity index (χ4n) is 2.73. The molecule has 0 aromatic heterocycles. The lowest BCUT2D eigenvalue weighted by Gasteiger charge is -2.13. The van der Waals surface area contributed by atoms with Gasteiger partial charge < -0.3 is 14.2 Å². The van der Waals surface area contributed by atoms with Crippen LogP contribution in [0.1, 0.15) is 28.8 Å². The highest BCUT2D eigenvalue weighted by Gasteiger charge is 2.33. The lowest BCUT2D eigenvalue weighted by Crippen LogP contribution is -2.13. The van der Waals surface area contributed by atoms with Crippen LogP contribution < -0.4 is 9.47 Å². The van der Waals surface area contributed by atoms with E-state index in [0.29, 0.717) is 29.0 Å². The van der Waals surface area contributed by atoms with Gasteiger partial charge in [0.05, 0.1) is 31.6 Å². The molecule has 0 spiro atoms. The SMILES string of the molecule is COc1ccc(C(=O)c2ccccc2)c(OCCC2CC(=O)OC2=O)c1. The van der Waals surface area contributed by atoms with E-state index < -0.39 is 17.9 Å². The van der Waals surface area contributed by atoms with Gasteiger partial charge in [0.25, 0.3) is 0 Å². The van der Waals surface area contributed by atoms with Gasteiger partial charge in [-0.3, -0.25) is 14.4 Å². The van der Waals surface area contributed by atoms with Crippen LogP contribution in [-0.2, 0) is 14.3 Å². The predicted octanol–water partition coefficient (Wildman–Crippen LogP) is 2.78. The maximum atomic E-state index is 12.7. The first-order valence-electron chi connectivity index (χ1n) is 8.23. The summed E-state index contributed by atoms with van der Waals surface area (Å²) in [5.74, 6) is -0.776. The number of rotatable bonds is 7. The van der Waals surface area contributed by atoms with Crippen LogP contribution in [0.5, 0.6) is 11.5 Å². The quantitative estimate of drug-likeness (QED) is 0.432. The molecule has 3 rings (SSSR count). The minimum Gasteiger partial charge on any atom is -0.497 e. The zero-order chi connectivity index (χ0) is 18.5. The Morgan fingerprint density at radius 3 is 2.58 bits per heavy atom. The Labute approximate surface area is 150 Å². The molecule has 1 aliphatic rings. The summed E-state index contributed by atoms with van der Waals surface area (Å²) in [4.78, 5) is 35.4. The van der Waals surface area contributed by atoms with Crippen LogP contribution in [-0.4, -0.2) is 31.4 Å². The zero-order valence-corrected chi connectivity index (χ0v) is 14.3. The van der Waals surface area contributed by atoms with E-state index in [9.17, 15) is 14.4 Å². The minimum atomic E-state index is -0.523. The number of ketones is 1. The van der Waals surface area contributed by atoms with Crippen molar-refractivity contribution in [3.05, 3.63) is 59.7 Å². The molecular weight excluding hydrogens is 336 g/mol. The number of cyclic esters (lactones) is 2. The Balaban J connectivity index is 1.75. The molecule has 0 aliphatic carbocycles. The van der Waals surface area contributed by atoms with Crippen LogP contribution in [0.15, 0.2) is 48.5 Å². The van der Waals surface area contributed by atoms with Crippen LogP contribution in [0, 0.1) is 5.92 Å². The van der Waals surface area contributed by atoms with Crippen molar-refractivity contribution in [2.75, 3.05) is 13.7 Å². The molecule has 1 fully saturated rings. The molecule has 1 saturated heterocycles. The maximum absolute atomic E-state index is 12.7. The molecule has 2 aromatic carbocycles. The molecule has 6 heteroatoms. The van der Waals surface area contributed by atoms with Gasteiger partial charge in [0, 0.05) is 11.6 Å². The predicted molar refractivity (Wildman–Crippen MR) is 92.2 cm³/mol. The van der Waals surface area contributed by atoms with Crippen molar-refractivity contribution in [2.24, 2.45) is 5.92 Å². The maximum Gasteiger partial charge on any atom is 0.317 e. The van der Waals surface area contributed by atoms with Crippen molar-refractivity contribution in [3.8, 4) is 11.5 Å². The van der Waals surface area contributed by atoms with Gasteiger partial charge in [-0.1, -0.05) is 30.3 Å². The lowest BCUT2D eigenvalue weighted by molar-refractivity contribution is -0.153. The number of carbonyl (C=O) groups excluding carboxylic acids is 3. The van der Waals surface area contributed by atoms with Gasteiger partial charge >= 0.3 is 11.9 Å². The van der Waals surface area contributed by atoms with E-state index in [1.54, 1.807) is 42.5 Å². The zero-order valence-electron chi connectivity index (χ0n) is 14.3. The van der Waals surface area contributed by atoms with Gasteiger partial charge in [0.15, 0.2) is 5.78 Å². The fourth-order valence-corrected chi connectivity index (χ4v) is 2.73. The Bertz CT molecular complexity index is 827. The number of hydrogen-bond donors (Lipinski definition) is 0. The third-order valence-electron chi connectivity index (χ3n) is 4.15. The molecule has 0 amide bonds. The highest BCUT2D eigenvalue weighted by atomic mass is 16.6. The smallest absolute Gasteiger partial charge is 0.317 e. The summed E-state index contributed by atoms with van der Waals surface area (Å²) in [6.45, 7) is 0.176. The molecule has 134 valence electrons. The molecule has 26 heavy (non-hydrogen) atoms. The van der Waals surface area contributed by atoms with Crippen LogP contribution in [0.25, 0.3) is 0 Å². The van der Waals surface area contributed by atoms with Gasteiger partial charge in [0.2, 0.25) is 0 Å². The van der Waals surface area contributed by atoms with E-state index in [1.807, 2.05) is 6.07 Å². The van der Waals surface area contributed by atoms with Crippen molar-refractivity contribution in [2.45, 2.75) is 12.8 Å². The summed E-state index contributed by atoms with van der Waals surface area (Å²) in [5.41, 5.74) is 0.953. The second kappa shape index (κ2) is 7.82. The van der Waals surface area contributed by atoms with E-state index in [2.05, 4.69) is 4.74 Å². The van der Waals surface area contributed by atoms with Crippen LogP contribution >= 0.6 is 0 Å². The largest absolute Gasteiger partial charge is 0.497 e. The average Bonchev–Trinajstić information content (AvgIpc) is 2.99. The molecule has 0 N–H and O–H groups in total. The molecule has 0 radical (unpaired) electrons. The summed E-state index contributed by atoms with van der Waals surface area (Å²) >= 11 is 0. The van der Waals surface area contributed by atoms with Crippen LogP contribution in [0.3, 0.4) is 0 Å². The number of methoxy groups -OCH3 is 1. The molecule has 6 nitrogen and oxygen atoms in total. The van der Waals surface area contributed by atoms with Crippen LogP contribution in [0.2, 0.25) is 0 Å². The molecule has 1 unspecified atom stereocenters. The summed E-state index contributed by atoms with van der Waals surface area (Å²) < 4.78 is 15.5. The first-order chi connectivity index (χ1) is 12.6. The van der Waals surface area contributed by atoms with Gasteiger partial charge in [-0.2, -0.15) is 0 Å². The summed E-state index contributed by atoms with van der Waals surface area (Å²) in [6.07, 6.45) is 0.400. The Morgan fingerprint density at radius 2 is 1.92 bits per heavy atom. The number of benzene rings is 2. The van der Waals surface area contributed by atoms with Gasteiger partial charge in [0.1, 0.15) is 11.5 Å². The summed E-state index contributed by atoms with van der Waals surface area (Å²) in [6, 6.07) is 13.9. The van der Waals surface area contributed by atoms with Crippen molar-refractivity contribution in [3.63, 3.8) is 0 Å². The third-order valence-corrected chi connectivity index (χ3v) is 4.15. The van der Waals surface area contributed by atoms with E-state index in [1.165, 1.54) is 7.11 Å². The standard InChI is InChI=1S/C20H18O6/c1-24-15-7-8-16(19(22)13-5-3-2-4-6-13)17(12-15)25-10-9-14-11-18(21)26-20(14)23/h2-8,12,14H,9-11H2,1H3. The van der Waals surface area contributed by atoms with Gasteiger partial charge in [-0.25, -0.2) is 0 Å². The second-order valence-corrected chi connectivity index (χ2v) is 5.89. The molecular formula is C20H18O6. The van der Waals surface area contributed by atoms with E-state index in [4.69, 9.17) is 9.47 Å². The summed E-state index contributed by atoms with van der Waals surface area (Å²) in [5, 5.41) is 0. The minimum absolute atomic E-state index is 0.0656. The summed E-state index contributed by atoms with van der Waals surface area (Å²) in [7, 11) is 1.53. The molecule has 0 saturated carbocycles. The van der Waals surface area contributed by atoms with E-state index in [-0.39, 0.29) is 18.8 Å². The molecule has 2 aromatic rings. The number of hydrogen-bond acceptors (Lipinski definition) is 6. The normalized spacial score (nSPS) is 16.3. The number of ether oxygens (including phenoxy) is 3. The fraction of sp³-hybridized carbons (Fsp3) is 0.250. The second-order valence-electron chi connectivity index (χ2n) is 5.89. The lowest BCUT2D eigenvalue weighted by atomic mass is 10.0. The van der Waals surface area contributed by atoms with Crippen molar-refractivity contribution < 1.29 is 28.6 Å². The van der Waals surface area contributed by atoms with E-state index in [0.717, 1.165) is 0 Å². The first-order valence-corrected chi connectivity index (χ1v) is 8.23. The first kappa shape index (κ1) is 17.7. The van der Waals surface area contributed by atoms with Crippen molar-refractivity contribution in [1.29, 1.82) is 0 Å². The average molecular weight is 354 g/mol. The van der Waals surface area contributed by atoms with Crippen molar-refractivity contribution >= 4 is 17.7 Å². The van der Waals surface area contributed by atoms with Crippen LogP contribution in [0.4, 0.5) is 0 Å². The topological polar surface area (TPSA) is 78.9 Å². The Hall–Kier alpha value is -3.15. The molecule has 1 aliphatic heterocycles. The molecule has 0 bridgehead atoms.